The standard InChI is InChI=1S/C21H18N4O4S2/c1-12-18(13(2)25(24-12)14-7-5-4-6-8-14)19(26)20(27)23-21-22-16-10-9-15(31(3,28)29)11-17(16)30-21/h4-11H,1-3H3,(H,22,23,27). The quantitative estimate of drug-likeness (QED) is 0.366. The van der Waals surface area contributed by atoms with Crippen molar-refractivity contribution in [3.8, 4) is 5.69 Å². The van der Waals surface area contributed by atoms with Gasteiger partial charge in [0.2, 0.25) is 0 Å². The molecule has 0 spiro atoms. The summed E-state index contributed by atoms with van der Waals surface area (Å²) < 4.78 is 25.7. The molecular weight excluding hydrogens is 436 g/mol. The number of ketones is 1. The zero-order valence-corrected chi connectivity index (χ0v) is 18.5. The average molecular weight is 455 g/mol. The number of hydrogen-bond acceptors (Lipinski definition) is 7. The molecule has 0 bridgehead atoms. The number of aromatic nitrogens is 3. The molecule has 0 aliphatic heterocycles. The van der Waals surface area contributed by atoms with Crippen LogP contribution in [0.25, 0.3) is 15.9 Å². The minimum absolute atomic E-state index is 0.164. The summed E-state index contributed by atoms with van der Waals surface area (Å²) in [5, 5.41) is 7.14. The number of hydrogen-bond donors (Lipinski definition) is 1. The van der Waals surface area contributed by atoms with Gasteiger partial charge in [-0.25, -0.2) is 18.1 Å². The van der Waals surface area contributed by atoms with Crippen molar-refractivity contribution in [3.05, 3.63) is 65.5 Å². The van der Waals surface area contributed by atoms with Crippen LogP contribution in [0.15, 0.2) is 53.4 Å². The van der Waals surface area contributed by atoms with Crippen LogP contribution in [0.3, 0.4) is 0 Å². The molecule has 158 valence electrons. The SMILES string of the molecule is Cc1nn(-c2ccccc2)c(C)c1C(=O)C(=O)Nc1nc2ccc(S(C)(=O)=O)cc2s1. The molecule has 2 heterocycles. The highest BCUT2D eigenvalue weighted by Crippen LogP contribution is 2.28. The fourth-order valence-corrected chi connectivity index (χ4v) is 4.87. The minimum Gasteiger partial charge on any atom is -0.295 e. The lowest BCUT2D eigenvalue weighted by atomic mass is 10.1. The number of rotatable bonds is 5. The lowest BCUT2D eigenvalue weighted by Gasteiger charge is -2.05. The number of fused-ring (bicyclic) bond motifs is 1. The summed E-state index contributed by atoms with van der Waals surface area (Å²) in [7, 11) is -3.36. The van der Waals surface area contributed by atoms with Crippen molar-refractivity contribution in [3.63, 3.8) is 0 Å². The van der Waals surface area contributed by atoms with E-state index in [0.29, 0.717) is 21.6 Å². The molecule has 31 heavy (non-hydrogen) atoms. The fraction of sp³-hybridized carbons (Fsp3) is 0.143. The van der Waals surface area contributed by atoms with E-state index in [-0.39, 0.29) is 15.6 Å². The number of carbonyl (C=O) groups excluding carboxylic acids is 2. The fourth-order valence-electron chi connectivity index (χ4n) is 3.25. The van der Waals surface area contributed by atoms with Crippen LogP contribution in [0.4, 0.5) is 5.13 Å². The molecule has 0 unspecified atom stereocenters. The Morgan fingerprint density at radius 2 is 1.77 bits per heavy atom. The third-order valence-corrected chi connectivity index (χ3v) is 6.78. The van der Waals surface area contributed by atoms with Crippen LogP contribution >= 0.6 is 11.3 Å². The molecular formula is C21H18N4O4S2. The molecule has 0 atom stereocenters. The molecule has 0 saturated heterocycles. The van der Waals surface area contributed by atoms with Crippen molar-refractivity contribution in [2.24, 2.45) is 0 Å². The van der Waals surface area contributed by atoms with E-state index in [2.05, 4.69) is 15.4 Å². The highest BCUT2D eigenvalue weighted by atomic mass is 32.2. The first-order valence-corrected chi connectivity index (χ1v) is 11.9. The molecule has 8 nitrogen and oxygen atoms in total. The van der Waals surface area contributed by atoms with Gasteiger partial charge in [0.25, 0.3) is 11.7 Å². The van der Waals surface area contributed by atoms with Gasteiger partial charge in [0.1, 0.15) is 0 Å². The molecule has 4 rings (SSSR count). The van der Waals surface area contributed by atoms with E-state index in [0.717, 1.165) is 23.3 Å². The minimum atomic E-state index is -3.36. The van der Waals surface area contributed by atoms with Crippen LogP contribution in [0.5, 0.6) is 0 Å². The van der Waals surface area contributed by atoms with Gasteiger partial charge in [-0.15, -0.1) is 0 Å². The van der Waals surface area contributed by atoms with Gasteiger partial charge in [0, 0.05) is 6.26 Å². The topological polar surface area (TPSA) is 111 Å². The number of amides is 1. The number of nitrogens with zero attached hydrogens (tertiary/aromatic N) is 3. The first-order chi connectivity index (χ1) is 14.6. The molecule has 1 amide bonds. The summed E-state index contributed by atoms with van der Waals surface area (Å²) in [6.45, 7) is 3.41. The van der Waals surface area contributed by atoms with Gasteiger partial charge in [0.05, 0.1) is 37.8 Å². The number of carbonyl (C=O) groups is 2. The van der Waals surface area contributed by atoms with Crippen molar-refractivity contribution in [2.75, 3.05) is 11.6 Å². The van der Waals surface area contributed by atoms with Crippen LogP contribution in [0, 0.1) is 13.8 Å². The summed E-state index contributed by atoms with van der Waals surface area (Å²) in [6, 6.07) is 13.9. The van der Waals surface area contributed by atoms with Crippen LogP contribution < -0.4 is 5.32 Å². The van der Waals surface area contributed by atoms with Crippen molar-refractivity contribution in [2.45, 2.75) is 18.7 Å². The number of para-hydroxylation sites is 1. The van der Waals surface area contributed by atoms with E-state index in [4.69, 9.17) is 0 Å². The number of Topliss-reactive ketones (excluding diaryl/α,β-unsaturated/α-hetero) is 1. The Labute approximate surface area is 182 Å². The highest BCUT2D eigenvalue weighted by molar-refractivity contribution is 7.90. The lowest BCUT2D eigenvalue weighted by Crippen LogP contribution is -2.23. The summed E-state index contributed by atoms with van der Waals surface area (Å²) in [5.41, 5.74) is 2.57. The number of nitrogens with one attached hydrogen (secondary N) is 1. The Morgan fingerprint density at radius 1 is 1.06 bits per heavy atom. The first-order valence-electron chi connectivity index (χ1n) is 9.23. The molecule has 0 saturated carbocycles. The van der Waals surface area contributed by atoms with Gasteiger partial charge >= 0.3 is 0 Å². The Balaban J connectivity index is 1.61. The Morgan fingerprint density at radius 3 is 2.45 bits per heavy atom. The Kier molecular flexibility index (Phi) is 5.19. The Bertz CT molecular complexity index is 1440. The number of sulfone groups is 1. The predicted octanol–water partition coefficient (Wildman–Crippen LogP) is 3.32. The highest BCUT2D eigenvalue weighted by Gasteiger charge is 2.26. The molecule has 1 N–H and O–H groups in total. The van der Waals surface area contributed by atoms with Crippen LogP contribution in [0.1, 0.15) is 21.7 Å². The van der Waals surface area contributed by atoms with E-state index in [1.807, 2.05) is 30.3 Å². The molecule has 0 fully saturated rings. The van der Waals surface area contributed by atoms with E-state index < -0.39 is 21.5 Å². The maximum atomic E-state index is 12.9. The van der Waals surface area contributed by atoms with Crippen molar-refractivity contribution >= 4 is 48.2 Å². The smallest absolute Gasteiger partial charge is 0.295 e. The molecule has 0 radical (unpaired) electrons. The zero-order chi connectivity index (χ0) is 22.3. The van der Waals surface area contributed by atoms with Gasteiger partial charge in [-0.3, -0.25) is 14.9 Å². The number of thiazole rings is 1. The summed E-state index contributed by atoms with van der Waals surface area (Å²) >= 11 is 1.10. The van der Waals surface area contributed by atoms with Crippen LogP contribution in [-0.4, -0.2) is 41.1 Å². The van der Waals surface area contributed by atoms with Crippen molar-refractivity contribution in [1.82, 2.24) is 14.8 Å². The van der Waals surface area contributed by atoms with Crippen LogP contribution in [-0.2, 0) is 14.6 Å². The van der Waals surface area contributed by atoms with Gasteiger partial charge in [-0.2, -0.15) is 5.10 Å². The molecule has 0 aliphatic carbocycles. The monoisotopic (exact) mass is 454 g/mol. The largest absolute Gasteiger partial charge is 0.298 e. The third kappa shape index (κ3) is 3.99. The summed E-state index contributed by atoms with van der Waals surface area (Å²) in [4.78, 5) is 29.9. The maximum Gasteiger partial charge on any atom is 0.298 e. The second kappa shape index (κ2) is 7.71. The zero-order valence-electron chi connectivity index (χ0n) is 16.9. The second-order valence-electron chi connectivity index (χ2n) is 7.00. The van der Waals surface area contributed by atoms with Gasteiger partial charge < -0.3 is 0 Å². The molecule has 2 aromatic heterocycles. The number of aryl methyl sites for hydroxylation is 1. The van der Waals surface area contributed by atoms with Crippen molar-refractivity contribution < 1.29 is 18.0 Å². The lowest BCUT2D eigenvalue weighted by molar-refractivity contribution is -0.112. The predicted molar refractivity (Wildman–Crippen MR) is 119 cm³/mol. The first kappa shape index (κ1) is 20.9. The normalized spacial score (nSPS) is 11.6. The van der Waals surface area contributed by atoms with Gasteiger partial charge in [0.15, 0.2) is 15.0 Å². The number of benzene rings is 2. The summed E-state index contributed by atoms with van der Waals surface area (Å²) in [5.74, 6) is -1.55. The van der Waals surface area contributed by atoms with Gasteiger partial charge in [-0.05, 0) is 44.2 Å². The summed E-state index contributed by atoms with van der Waals surface area (Å²) in [6.07, 6.45) is 1.12. The molecule has 10 heteroatoms. The van der Waals surface area contributed by atoms with E-state index in [1.54, 1.807) is 24.6 Å². The van der Waals surface area contributed by atoms with Crippen LogP contribution in [0.2, 0.25) is 0 Å². The molecule has 4 aromatic rings. The third-order valence-electron chi connectivity index (χ3n) is 4.73. The maximum absolute atomic E-state index is 12.9. The molecule has 2 aromatic carbocycles. The van der Waals surface area contributed by atoms with E-state index in [9.17, 15) is 18.0 Å². The average Bonchev–Trinajstić information content (AvgIpc) is 3.26. The van der Waals surface area contributed by atoms with E-state index >= 15 is 0 Å². The Hall–Kier alpha value is -3.37. The second-order valence-corrected chi connectivity index (χ2v) is 10.0. The molecule has 0 aliphatic rings. The van der Waals surface area contributed by atoms with E-state index in [1.165, 1.54) is 12.1 Å². The number of anilines is 1. The van der Waals surface area contributed by atoms with Crippen molar-refractivity contribution in [1.29, 1.82) is 0 Å². The van der Waals surface area contributed by atoms with Gasteiger partial charge in [-0.1, -0.05) is 29.5 Å².